The fraction of sp³-hybridized carbons (Fsp3) is 0.0612. The first-order chi connectivity index (χ1) is 28.3. The van der Waals surface area contributed by atoms with Gasteiger partial charge in [-0.3, -0.25) is 0 Å². The lowest BCUT2D eigenvalue weighted by molar-refractivity contribution is 0.662. The summed E-state index contributed by atoms with van der Waals surface area (Å²) in [6.45, 7) is 4.49. The summed E-state index contributed by atoms with van der Waals surface area (Å²) in [7, 11) is 0. The van der Waals surface area contributed by atoms with Crippen LogP contribution in [0, 0.1) is 0 Å². The maximum atomic E-state index is 9.43. The predicted molar refractivity (Wildman–Crippen MR) is 213 cm³/mol. The number of rotatable bonds is 6. The van der Waals surface area contributed by atoms with Crippen molar-refractivity contribution in [1.29, 1.82) is 0 Å². The van der Waals surface area contributed by atoms with Gasteiger partial charge in [0.25, 0.3) is 0 Å². The van der Waals surface area contributed by atoms with Crippen molar-refractivity contribution < 1.29 is 12.3 Å². The Balaban J connectivity index is 1.23. The lowest BCUT2D eigenvalue weighted by atomic mass is 9.79. The van der Waals surface area contributed by atoms with E-state index in [2.05, 4.69) is 80.6 Å². The van der Waals surface area contributed by atoms with Crippen LogP contribution >= 0.6 is 0 Å². The molecule has 0 aliphatic heterocycles. The quantitative estimate of drug-likeness (QED) is 0.173. The Bertz CT molecular complexity index is 2970. The van der Waals surface area contributed by atoms with Gasteiger partial charge in [0.2, 0.25) is 0 Å². The van der Waals surface area contributed by atoms with Crippen molar-refractivity contribution >= 4 is 27.8 Å². The van der Waals surface area contributed by atoms with E-state index in [1.807, 2.05) is 66.7 Å². The van der Waals surface area contributed by atoms with Crippen molar-refractivity contribution in [2.75, 3.05) is 4.90 Å². The molecule has 1 aliphatic rings. The van der Waals surface area contributed by atoms with Gasteiger partial charge in [-0.25, -0.2) is 0 Å². The predicted octanol–water partition coefficient (Wildman–Crippen LogP) is 13.6. The number of hydrogen-bond donors (Lipinski definition) is 0. The molecule has 0 spiro atoms. The molecule has 0 saturated carbocycles. The van der Waals surface area contributed by atoms with Crippen molar-refractivity contribution in [3.05, 3.63) is 199 Å². The number of anilines is 3. The topological polar surface area (TPSA) is 3.24 Å². The number of fused-ring (bicyclic) bond motifs is 4. The van der Waals surface area contributed by atoms with Crippen LogP contribution in [0.4, 0.5) is 17.1 Å². The van der Waals surface area contributed by atoms with Crippen LogP contribution < -0.4 is 4.90 Å². The molecular weight excluding hydrogens is 603 g/mol. The first-order valence-electron chi connectivity index (χ1n) is 21.2. The van der Waals surface area contributed by atoms with E-state index in [0.29, 0.717) is 11.4 Å². The van der Waals surface area contributed by atoms with Crippen LogP contribution in [0.3, 0.4) is 0 Å². The minimum atomic E-state index is -0.620. The van der Waals surface area contributed by atoms with E-state index in [4.69, 9.17) is 6.85 Å². The van der Waals surface area contributed by atoms with Crippen molar-refractivity contribution in [2.24, 2.45) is 0 Å². The number of benzene rings is 8. The lowest BCUT2D eigenvalue weighted by Gasteiger charge is -2.27. The van der Waals surface area contributed by atoms with Gasteiger partial charge >= 0.3 is 0 Å². The molecule has 0 atom stereocenters. The highest BCUT2D eigenvalue weighted by atomic mass is 15.1. The lowest BCUT2D eigenvalue weighted by Crippen LogP contribution is -2.16. The maximum absolute atomic E-state index is 9.43. The molecule has 50 heavy (non-hydrogen) atoms. The summed E-state index contributed by atoms with van der Waals surface area (Å²) in [6, 6.07) is 39.8. The van der Waals surface area contributed by atoms with Crippen molar-refractivity contribution in [1.82, 2.24) is 0 Å². The van der Waals surface area contributed by atoms with Crippen LogP contribution in [-0.2, 0) is 5.41 Å². The fourth-order valence-corrected chi connectivity index (χ4v) is 7.40. The summed E-state index contributed by atoms with van der Waals surface area (Å²) in [5.41, 5.74) is 8.96. The molecule has 0 amide bonds. The largest absolute Gasteiger partial charge is 0.310 e. The van der Waals surface area contributed by atoms with Crippen molar-refractivity contribution in [2.45, 2.75) is 19.3 Å². The molecule has 0 bridgehead atoms. The molecule has 9 rings (SSSR count). The Morgan fingerprint density at radius 2 is 1.06 bits per heavy atom. The monoisotopic (exact) mass is 648 g/mol. The molecule has 0 saturated heterocycles. The Morgan fingerprint density at radius 3 is 1.88 bits per heavy atom. The van der Waals surface area contributed by atoms with Gasteiger partial charge in [-0.15, -0.1) is 0 Å². The molecule has 1 nitrogen and oxygen atoms in total. The molecule has 0 heterocycles. The SMILES string of the molecule is [2H]c1c([2H])c([2H])c(-c2c([2H])c([2H])c(N(c3ccc(-c4cccc5c4C(C)(C)c4ccccc4-5)cc3)c3cccc(-c4ccc5ccccc5c4)c3)c([2H])c2[2H])c([2H])c1[2H]. The minimum Gasteiger partial charge on any atom is -0.310 e. The zero-order valence-electron chi connectivity index (χ0n) is 36.6. The molecule has 0 unspecified atom stereocenters. The van der Waals surface area contributed by atoms with Gasteiger partial charge in [0.15, 0.2) is 0 Å². The van der Waals surface area contributed by atoms with Gasteiger partial charge in [0.05, 0.1) is 12.3 Å². The Kier molecular flexibility index (Phi) is 5.24. The van der Waals surface area contributed by atoms with Gasteiger partial charge < -0.3 is 4.90 Å². The second kappa shape index (κ2) is 12.1. The summed E-state index contributed by atoms with van der Waals surface area (Å²) >= 11 is 0. The van der Waals surface area contributed by atoms with E-state index >= 15 is 0 Å². The van der Waals surface area contributed by atoms with Gasteiger partial charge in [-0.1, -0.05) is 159 Å². The molecule has 8 aromatic rings. The standard InChI is InChI=1S/C49H37N/c1-49(2)47-21-9-8-18-45(47)46-20-11-19-44(48(46)49)37-26-30-42(31-27-37)50(41-28-24-36(25-29-41)34-12-4-3-5-13-34)43-17-10-16-39(33-43)40-23-22-35-14-6-7-15-38(35)32-40/h3-33H,1-2H3/i3D,4D,5D,12D,13D,24D,25D,28D,29D. The summed E-state index contributed by atoms with van der Waals surface area (Å²) in [5, 5.41) is 2.18. The van der Waals surface area contributed by atoms with Gasteiger partial charge in [0.1, 0.15) is 0 Å². The zero-order chi connectivity index (χ0) is 41.5. The normalized spacial score (nSPS) is 15.3. The van der Waals surface area contributed by atoms with Crippen LogP contribution in [0.5, 0.6) is 0 Å². The molecule has 1 heteroatoms. The van der Waals surface area contributed by atoms with Gasteiger partial charge in [-0.2, -0.15) is 0 Å². The highest BCUT2D eigenvalue weighted by Gasteiger charge is 2.37. The van der Waals surface area contributed by atoms with E-state index in [-0.39, 0.29) is 22.2 Å². The molecular formula is C49H37N. The fourth-order valence-electron chi connectivity index (χ4n) is 7.40. The first-order valence-corrected chi connectivity index (χ1v) is 16.7. The Hall–Kier alpha value is -6.18. The third-order valence-electron chi connectivity index (χ3n) is 9.79. The summed E-state index contributed by atoms with van der Waals surface area (Å²) in [4.78, 5) is 1.70. The van der Waals surface area contributed by atoms with E-state index in [1.54, 1.807) is 4.90 Å². The third-order valence-corrected chi connectivity index (χ3v) is 9.79. The highest BCUT2D eigenvalue weighted by molar-refractivity contribution is 5.90. The van der Waals surface area contributed by atoms with Crippen LogP contribution in [0.1, 0.15) is 37.3 Å². The number of hydrogen-bond acceptors (Lipinski definition) is 1. The van der Waals surface area contributed by atoms with Crippen molar-refractivity contribution in [3.63, 3.8) is 0 Å². The first kappa shape index (κ1) is 21.7. The zero-order valence-corrected chi connectivity index (χ0v) is 27.6. The molecule has 1 aliphatic carbocycles. The molecule has 0 N–H and O–H groups in total. The smallest absolute Gasteiger partial charge is 0.0645 e. The summed E-state index contributed by atoms with van der Waals surface area (Å²) < 4.78 is 79.1. The average molecular weight is 649 g/mol. The molecule has 8 aromatic carbocycles. The van der Waals surface area contributed by atoms with Crippen LogP contribution in [-0.4, -0.2) is 0 Å². The number of nitrogens with zero attached hydrogens (tertiary/aromatic N) is 1. The van der Waals surface area contributed by atoms with E-state index < -0.39 is 54.4 Å². The second-order valence-electron chi connectivity index (χ2n) is 13.1. The Morgan fingerprint density at radius 1 is 0.420 bits per heavy atom. The van der Waals surface area contributed by atoms with E-state index in [0.717, 1.165) is 33.0 Å². The summed E-state index contributed by atoms with van der Waals surface area (Å²) in [6.07, 6.45) is 0. The summed E-state index contributed by atoms with van der Waals surface area (Å²) in [5.74, 6) is 0. The Labute approximate surface area is 307 Å². The second-order valence-corrected chi connectivity index (χ2v) is 13.1. The van der Waals surface area contributed by atoms with Gasteiger partial charge in [0, 0.05) is 22.5 Å². The van der Waals surface area contributed by atoms with Gasteiger partial charge in [-0.05, 0) is 109 Å². The molecule has 0 radical (unpaired) electrons. The van der Waals surface area contributed by atoms with E-state index in [1.165, 1.54) is 22.3 Å². The van der Waals surface area contributed by atoms with Crippen LogP contribution in [0.25, 0.3) is 55.3 Å². The molecule has 0 fully saturated rings. The van der Waals surface area contributed by atoms with E-state index in [9.17, 15) is 5.48 Å². The highest BCUT2D eigenvalue weighted by Crippen LogP contribution is 2.52. The van der Waals surface area contributed by atoms with Crippen molar-refractivity contribution in [3.8, 4) is 44.5 Å². The van der Waals surface area contributed by atoms with Crippen LogP contribution in [0.2, 0.25) is 0 Å². The average Bonchev–Trinajstić information content (AvgIpc) is 3.50. The maximum Gasteiger partial charge on any atom is 0.0645 e. The molecule has 0 aromatic heterocycles. The minimum absolute atomic E-state index is 0.0447. The van der Waals surface area contributed by atoms with Crippen LogP contribution in [0.15, 0.2) is 188 Å². The molecule has 238 valence electrons. The third kappa shape index (κ3) is 5.11.